The lowest BCUT2D eigenvalue weighted by molar-refractivity contribution is -0.149. The number of carbonyl (C=O) groups is 1. The zero-order valence-corrected chi connectivity index (χ0v) is 17.0. The van der Waals surface area contributed by atoms with Gasteiger partial charge in [0.05, 0.1) is 12.5 Å². The zero-order valence-electron chi connectivity index (χ0n) is 17.0. The molecule has 0 aliphatic carbocycles. The summed E-state index contributed by atoms with van der Waals surface area (Å²) >= 11 is 0. The molecule has 0 N–H and O–H groups in total. The molecule has 0 aliphatic rings. The van der Waals surface area contributed by atoms with Crippen molar-refractivity contribution in [2.45, 2.75) is 117 Å². The minimum absolute atomic E-state index is 0.0444. The number of rotatable bonds is 18. The Morgan fingerprint density at radius 1 is 0.800 bits per heavy atom. The Hall–Kier alpha value is -0.970. The molecule has 0 rings (SSSR count). The van der Waals surface area contributed by atoms with Crippen LogP contribution in [-0.4, -0.2) is 12.6 Å². The van der Waals surface area contributed by atoms with E-state index in [0.717, 1.165) is 51.4 Å². The fraction of sp³-hybridized carbons (Fsp3) is 0.870. The molecule has 0 aromatic heterocycles. The summed E-state index contributed by atoms with van der Waals surface area (Å²) in [7, 11) is 0. The van der Waals surface area contributed by atoms with Crippen LogP contribution in [0.3, 0.4) is 0 Å². The van der Waals surface area contributed by atoms with E-state index in [0.29, 0.717) is 6.61 Å². The summed E-state index contributed by atoms with van der Waals surface area (Å²) in [5.74, 6) is 2.82. The van der Waals surface area contributed by atoms with Crippen LogP contribution >= 0.6 is 0 Å². The number of terminal acetylenes is 1. The third-order valence-electron chi connectivity index (χ3n) is 4.86. The van der Waals surface area contributed by atoms with Crippen molar-refractivity contribution < 1.29 is 9.53 Å². The maximum Gasteiger partial charge on any atom is 0.308 e. The molecule has 0 saturated carbocycles. The molecule has 0 amide bonds. The van der Waals surface area contributed by atoms with Crippen LogP contribution in [0.1, 0.15) is 117 Å². The second-order valence-corrected chi connectivity index (χ2v) is 7.28. The van der Waals surface area contributed by atoms with Gasteiger partial charge in [0.1, 0.15) is 0 Å². The van der Waals surface area contributed by atoms with Crippen molar-refractivity contribution in [3.8, 4) is 12.3 Å². The Labute approximate surface area is 157 Å². The van der Waals surface area contributed by atoms with Gasteiger partial charge in [-0.2, -0.15) is 0 Å². The number of unbranched alkanes of at least 4 members (excludes halogenated alkanes) is 11. The van der Waals surface area contributed by atoms with Crippen molar-refractivity contribution in [3.63, 3.8) is 0 Å². The van der Waals surface area contributed by atoms with E-state index in [1.807, 2.05) is 0 Å². The molecule has 0 radical (unpaired) electrons. The van der Waals surface area contributed by atoms with E-state index in [1.165, 1.54) is 51.4 Å². The van der Waals surface area contributed by atoms with Crippen LogP contribution in [0.2, 0.25) is 0 Å². The topological polar surface area (TPSA) is 26.3 Å². The molecule has 146 valence electrons. The molecule has 0 aromatic carbocycles. The maximum atomic E-state index is 12.4. The second kappa shape index (κ2) is 19.4. The molecule has 0 saturated heterocycles. The molecule has 0 aromatic rings. The minimum Gasteiger partial charge on any atom is -0.465 e. The first-order valence-electron chi connectivity index (χ1n) is 10.9. The first kappa shape index (κ1) is 24.0. The molecule has 0 spiro atoms. The van der Waals surface area contributed by atoms with E-state index in [9.17, 15) is 4.79 Å². The van der Waals surface area contributed by atoms with Crippen LogP contribution in [0.15, 0.2) is 0 Å². The molecule has 0 fully saturated rings. The molecular formula is C23H42O2. The molecular weight excluding hydrogens is 308 g/mol. The summed E-state index contributed by atoms with van der Waals surface area (Å²) in [5, 5.41) is 0. The fourth-order valence-electron chi connectivity index (χ4n) is 3.17. The molecule has 2 heteroatoms. The monoisotopic (exact) mass is 350 g/mol. The molecule has 0 aliphatic heterocycles. The average Bonchev–Trinajstić information content (AvgIpc) is 2.62. The van der Waals surface area contributed by atoms with Crippen molar-refractivity contribution in [1.82, 2.24) is 0 Å². The first-order valence-corrected chi connectivity index (χ1v) is 10.9. The van der Waals surface area contributed by atoms with Crippen molar-refractivity contribution >= 4 is 5.97 Å². The smallest absolute Gasteiger partial charge is 0.308 e. The van der Waals surface area contributed by atoms with E-state index in [4.69, 9.17) is 11.2 Å². The van der Waals surface area contributed by atoms with Gasteiger partial charge in [-0.1, -0.05) is 78.1 Å². The van der Waals surface area contributed by atoms with Crippen LogP contribution in [0, 0.1) is 18.3 Å². The molecule has 25 heavy (non-hydrogen) atoms. The third-order valence-corrected chi connectivity index (χ3v) is 4.86. The highest BCUT2D eigenvalue weighted by molar-refractivity contribution is 5.72. The number of hydrogen-bond acceptors (Lipinski definition) is 2. The predicted molar refractivity (Wildman–Crippen MR) is 109 cm³/mol. The Kier molecular flexibility index (Phi) is 18.6. The molecule has 2 nitrogen and oxygen atoms in total. The highest BCUT2D eigenvalue weighted by atomic mass is 16.5. The van der Waals surface area contributed by atoms with Gasteiger partial charge < -0.3 is 4.74 Å². The minimum atomic E-state index is 0.0444. The van der Waals surface area contributed by atoms with Gasteiger partial charge in [-0.25, -0.2) is 0 Å². The lowest BCUT2D eigenvalue weighted by atomic mass is 9.94. The highest BCUT2D eigenvalue weighted by Crippen LogP contribution is 2.20. The number of hydrogen-bond donors (Lipinski definition) is 0. The largest absolute Gasteiger partial charge is 0.465 e. The molecule has 0 heterocycles. The summed E-state index contributed by atoms with van der Waals surface area (Å²) in [6, 6.07) is 0. The summed E-state index contributed by atoms with van der Waals surface area (Å²) in [6.07, 6.45) is 23.7. The lowest BCUT2D eigenvalue weighted by Gasteiger charge is -2.16. The van der Waals surface area contributed by atoms with Gasteiger partial charge in [0.2, 0.25) is 0 Å². The van der Waals surface area contributed by atoms with Crippen LogP contribution in [0.25, 0.3) is 0 Å². The second-order valence-electron chi connectivity index (χ2n) is 7.28. The van der Waals surface area contributed by atoms with Gasteiger partial charge >= 0.3 is 5.97 Å². The summed E-state index contributed by atoms with van der Waals surface area (Å²) in [4.78, 5) is 12.4. The number of carbonyl (C=O) groups excluding carboxylic acids is 1. The first-order chi connectivity index (χ1) is 12.3. The highest BCUT2D eigenvalue weighted by Gasteiger charge is 2.19. The van der Waals surface area contributed by atoms with Gasteiger partial charge in [-0.15, -0.1) is 12.3 Å². The summed E-state index contributed by atoms with van der Waals surface area (Å²) in [5.41, 5.74) is 0. The van der Waals surface area contributed by atoms with Crippen LogP contribution in [0.4, 0.5) is 0 Å². The summed E-state index contributed by atoms with van der Waals surface area (Å²) < 4.78 is 5.55. The Morgan fingerprint density at radius 2 is 1.32 bits per heavy atom. The van der Waals surface area contributed by atoms with E-state index >= 15 is 0 Å². The SMILES string of the molecule is C#CCCCCCOC(=O)C(CCCCCCC)CCCCCCC. The Balaban J connectivity index is 4.02. The maximum absolute atomic E-state index is 12.4. The quantitative estimate of drug-likeness (QED) is 0.150. The van der Waals surface area contributed by atoms with Crippen molar-refractivity contribution in [2.75, 3.05) is 6.61 Å². The predicted octanol–water partition coefficient (Wildman–Crippen LogP) is 7.06. The van der Waals surface area contributed by atoms with Gasteiger partial charge in [0.15, 0.2) is 0 Å². The Bertz CT molecular complexity index is 315. The van der Waals surface area contributed by atoms with E-state index in [2.05, 4.69) is 19.8 Å². The summed E-state index contributed by atoms with van der Waals surface area (Å²) in [6.45, 7) is 5.03. The van der Waals surface area contributed by atoms with Crippen LogP contribution in [0.5, 0.6) is 0 Å². The van der Waals surface area contributed by atoms with E-state index in [1.54, 1.807) is 0 Å². The van der Waals surface area contributed by atoms with Gasteiger partial charge in [0, 0.05) is 6.42 Å². The lowest BCUT2D eigenvalue weighted by Crippen LogP contribution is -2.18. The standard InChI is InChI=1S/C23H42O2/c1-4-7-10-13-16-19-22(20-17-14-11-8-5-2)23(24)25-21-18-15-12-9-6-3/h3,22H,4-5,7-21H2,1-2H3. The van der Waals surface area contributed by atoms with Crippen molar-refractivity contribution in [2.24, 2.45) is 5.92 Å². The fourth-order valence-corrected chi connectivity index (χ4v) is 3.17. The number of ether oxygens (including phenoxy) is 1. The molecule has 0 bridgehead atoms. The van der Waals surface area contributed by atoms with E-state index < -0.39 is 0 Å². The van der Waals surface area contributed by atoms with Gasteiger partial charge in [-0.3, -0.25) is 4.79 Å². The van der Waals surface area contributed by atoms with Crippen LogP contribution in [-0.2, 0) is 9.53 Å². The zero-order chi connectivity index (χ0) is 18.6. The molecule has 0 unspecified atom stereocenters. The van der Waals surface area contributed by atoms with Crippen LogP contribution < -0.4 is 0 Å². The van der Waals surface area contributed by atoms with Crippen molar-refractivity contribution in [3.05, 3.63) is 0 Å². The van der Waals surface area contributed by atoms with Gasteiger partial charge in [0.25, 0.3) is 0 Å². The Morgan fingerprint density at radius 3 is 1.84 bits per heavy atom. The van der Waals surface area contributed by atoms with Crippen molar-refractivity contribution in [1.29, 1.82) is 0 Å². The third kappa shape index (κ3) is 16.3. The molecule has 0 atom stereocenters. The number of esters is 1. The van der Waals surface area contributed by atoms with Gasteiger partial charge in [-0.05, 0) is 32.1 Å². The van der Waals surface area contributed by atoms with E-state index in [-0.39, 0.29) is 11.9 Å². The normalized spacial score (nSPS) is 10.8. The average molecular weight is 351 g/mol.